The zero-order valence-electron chi connectivity index (χ0n) is 12.5. The molecule has 0 unspecified atom stereocenters. The maximum Gasteiger partial charge on any atom is 0.263 e. The van der Waals surface area contributed by atoms with Gasteiger partial charge < -0.3 is 9.88 Å². The van der Waals surface area contributed by atoms with E-state index in [2.05, 4.69) is 27.0 Å². The number of imidazole rings is 1. The Balaban J connectivity index is 1.45. The number of hydrogen-bond acceptors (Lipinski definition) is 3. The maximum atomic E-state index is 12.5. The van der Waals surface area contributed by atoms with E-state index in [9.17, 15) is 4.79 Å². The Morgan fingerprint density at radius 2 is 2.00 bits per heavy atom. The summed E-state index contributed by atoms with van der Waals surface area (Å²) in [5.74, 6) is 1.60. The molecule has 0 atom stereocenters. The number of nitrogens with zero attached hydrogens (tertiary/aromatic N) is 2. The Kier molecular flexibility index (Phi) is 3.95. The smallest absolute Gasteiger partial charge is 0.263 e. The van der Waals surface area contributed by atoms with Crippen LogP contribution in [0.4, 0.5) is 0 Å². The Labute approximate surface area is 146 Å². The van der Waals surface area contributed by atoms with Crippen LogP contribution in [0.5, 0.6) is 0 Å². The third-order valence-electron chi connectivity index (χ3n) is 4.36. The van der Waals surface area contributed by atoms with Crippen molar-refractivity contribution in [1.29, 1.82) is 0 Å². The molecular formula is C17H16BrN3OS. The predicted molar refractivity (Wildman–Crippen MR) is 96.0 cm³/mol. The molecule has 1 aliphatic heterocycles. The molecule has 6 heteroatoms. The number of thiophene rings is 1. The molecule has 0 aliphatic carbocycles. The number of aromatic nitrogens is 2. The van der Waals surface area contributed by atoms with Crippen LogP contribution in [0.2, 0.25) is 0 Å². The summed E-state index contributed by atoms with van der Waals surface area (Å²) in [5.41, 5.74) is 2.11. The van der Waals surface area contributed by atoms with Gasteiger partial charge in [0.1, 0.15) is 5.82 Å². The lowest BCUT2D eigenvalue weighted by Gasteiger charge is -2.30. The van der Waals surface area contributed by atoms with Crippen molar-refractivity contribution < 1.29 is 4.79 Å². The van der Waals surface area contributed by atoms with E-state index in [1.807, 2.05) is 35.2 Å². The van der Waals surface area contributed by atoms with Crippen LogP contribution in [-0.4, -0.2) is 33.9 Å². The molecule has 0 radical (unpaired) electrons. The lowest BCUT2D eigenvalue weighted by Crippen LogP contribution is -2.37. The molecule has 1 saturated heterocycles. The molecule has 1 N–H and O–H groups in total. The van der Waals surface area contributed by atoms with Crippen molar-refractivity contribution in [3.05, 3.63) is 50.9 Å². The number of aromatic amines is 1. The molecule has 1 amide bonds. The van der Waals surface area contributed by atoms with Crippen LogP contribution in [-0.2, 0) is 0 Å². The van der Waals surface area contributed by atoms with Gasteiger partial charge in [-0.2, -0.15) is 0 Å². The number of para-hydroxylation sites is 2. The molecule has 23 heavy (non-hydrogen) atoms. The molecule has 0 saturated carbocycles. The number of rotatable bonds is 2. The molecule has 118 valence electrons. The van der Waals surface area contributed by atoms with E-state index in [0.717, 1.165) is 51.5 Å². The van der Waals surface area contributed by atoms with Crippen molar-refractivity contribution in [2.24, 2.45) is 0 Å². The van der Waals surface area contributed by atoms with Crippen molar-refractivity contribution in [2.45, 2.75) is 18.8 Å². The molecule has 4 nitrogen and oxygen atoms in total. The van der Waals surface area contributed by atoms with Gasteiger partial charge >= 0.3 is 0 Å². The number of carbonyl (C=O) groups is 1. The van der Waals surface area contributed by atoms with E-state index in [4.69, 9.17) is 4.98 Å². The number of nitrogens with one attached hydrogen (secondary N) is 1. The Bertz CT molecular complexity index is 815. The van der Waals surface area contributed by atoms with E-state index in [-0.39, 0.29) is 5.91 Å². The fourth-order valence-corrected chi connectivity index (χ4v) is 4.46. The largest absolute Gasteiger partial charge is 0.342 e. The first kappa shape index (κ1) is 14.9. The molecule has 3 heterocycles. The van der Waals surface area contributed by atoms with Crippen LogP contribution < -0.4 is 0 Å². The summed E-state index contributed by atoms with van der Waals surface area (Å²) in [6.45, 7) is 1.58. The second-order valence-electron chi connectivity index (χ2n) is 5.81. The van der Waals surface area contributed by atoms with Gasteiger partial charge in [-0.25, -0.2) is 4.98 Å². The maximum absolute atomic E-state index is 12.5. The minimum absolute atomic E-state index is 0.142. The molecule has 1 fully saturated rings. The third-order valence-corrected chi connectivity index (χ3v) is 5.97. The highest BCUT2D eigenvalue weighted by molar-refractivity contribution is 9.11. The van der Waals surface area contributed by atoms with E-state index < -0.39 is 0 Å². The summed E-state index contributed by atoms with van der Waals surface area (Å²) in [4.78, 5) is 23.4. The first-order valence-electron chi connectivity index (χ1n) is 7.70. The van der Waals surface area contributed by atoms with Crippen molar-refractivity contribution in [3.63, 3.8) is 0 Å². The zero-order valence-corrected chi connectivity index (χ0v) is 14.9. The van der Waals surface area contributed by atoms with Gasteiger partial charge in [0.15, 0.2) is 0 Å². The van der Waals surface area contributed by atoms with Gasteiger partial charge in [-0.1, -0.05) is 12.1 Å². The van der Waals surface area contributed by atoms with Gasteiger partial charge in [-0.3, -0.25) is 4.79 Å². The number of H-pyrrole nitrogens is 1. The van der Waals surface area contributed by atoms with Gasteiger partial charge in [0.2, 0.25) is 0 Å². The summed E-state index contributed by atoms with van der Waals surface area (Å²) in [5, 5.41) is 0. The van der Waals surface area contributed by atoms with Crippen LogP contribution in [0.3, 0.4) is 0 Å². The number of amides is 1. The molecular weight excluding hydrogens is 374 g/mol. The Morgan fingerprint density at radius 3 is 2.70 bits per heavy atom. The molecule has 1 aromatic carbocycles. The standard InChI is InChI=1S/C17H16BrN3OS/c18-15-6-5-14(23-15)17(22)21-9-7-11(8-10-21)16-19-12-3-1-2-4-13(12)20-16/h1-6,11H,7-10H2,(H,19,20). The molecule has 4 rings (SSSR count). The normalized spacial score (nSPS) is 16.1. The van der Waals surface area contributed by atoms with Crippen LogP contribution in [0, 0.1) is 0 Å². The van der Waals surface area contributed by atoms with Crippen molar-refractivity contribution >= 4 is 44.2 Å². The lowest BCUT2D eigenvalue weighted by atomic mass is 9.96. The summed E-state index contributed by atoms with van der Waals surface area (Å²) in [7, 11) is 0. The third kappa shape index (κ3) is 2.93. The van der Waals surface area contributed by atoms with E-state index in [0.29, 0.717) is 5.92 Å². The number of hydrogen-bond donors (Lipinski definition) is 1. The number of piperidine rings is 1. The van der Waals surface area contributed by atoms with Crippen LogP contribution in [0.25, 0.3) is 11.0 Å². The second-order valence-corrected chi connectivity index (χ2v) is 8.27. The molecule has 0 spiro atoms. The number of halogens is 1. The lowest BCUT2D eigenvalue weighted by molar-refractivity contribution is 0.0716. The average Bonchev–Trinajstić information content (AvgIpc) is 3.20. The van der Waals surface area contributed by atoms with Gasteiger partial charge in [-0.15, -0.1) is 11.3 Å². The fraction of sp³-hybridized carbons (Fsp3) is 0.294. The molecule has 2 aromatic heterocycles. The monoisotopic (exact) mass is 389 g/mol. The van der Waals surface area contributed by atoms with Crippen molar-refractivity contribution in [2.75, 3.05) is 13.1 Å². The van der Waals surface area contributed by atoms with Gasteiger partial charge in [-0.05, 0) is 53.0 Å². The highest BCUT2D eigenvalue weighted by Gasteiger charge is 2.26. The first-order chi connectivity index (χ1) is 11.2. The number of carbonyl (C=O) groups excluding carboxylic acids is 1. The van der Waals surface area contributed by atoms with Crippen LogP contribution in [0.1, 0.15) is 34.3 Å². The minimum atomic E-state index is 0.142. The van der Waals surface area contributed by atoms with Crippen LogP contribution in [0.15, 0.2) is 40.2 Å². The van der Waals surface area contributed by atoms with E-state index >= 15 is 0 Å². The second kappa shape index (κ2) is 6.09. The Morgan fingerprint density at radius 1 is 1.22 bits per heavy atom. The predicted octanol–water partition coefficient (Wildman–Crippen LogP) is 4.41. The summed E-state index contributed by atoms with van der Waals surface area (Å²) in [6, 6.07) is 11.9. The highest BCUT2D eigenvalue weighted by Crippen LogP contribution is 2.30. The first-order valence-corrected chi connectivity index (χ1v) is 9.31. The van der Waals surface area contributed by atoms with Crippen molar-refractivity contribution in [3.8, 4) is 0 Å². The van der Waals surface area contributed by atoms with Crippen LogP contribution >= 0.6 is 27.3 Å². The SMILES string of the molecule is O=C(c1ccc(Br)s1)N1CCC(c2nc3ccccc3[nH]2)CC1. The van der Waals surface area contributed by atoms with E-state index in [1.54, 1.807) is 0 Å². The summed E-state index contributed by atoms with van der Waals surface area (Å²) in [6.07, 6.45) is 1.91. The summed E-state index contributed by atoms with van der Waals surface area (Å²) < 4.78 is 0.998. The van der Waals surface area contributed by atoms with Gasteiger partial charge in [0.25, 0.3) is 5.91 Å². The summed E-state index contributed by atoms with van der Waals surface area (Å²) >= 11 is 4.91. The Hall–Kier alpha value is -1.66. The molecule has 1 aliphatic rings. The topological polar surface area (TPSA) is 49.0 Å². The van der Waals surface area contributed by atoms with Gasteiger partial charge in [0.05, 0.1) is 19.7 Å². The van der Waals surface area contributed by atoms with Crippen molar-refractivity contribution in [1.82, 2.24) is 14.9 Å². The van der Waals surface area contributed by atoms with E-state index in [1.165, 1.54) is 11.3 Å². The number of fused-ring (bicyclic) bond motifs is 1. The number of benzene rings is 1. The minimum Gasteiger partial charge on any atom is -0.342 e. The quantitative estimate of drug-likeness (QED) is 0.705. The zero-order chi connectivity index (χ0) is 15.8. The fourth-order valence-electron chi connectivity index (χ4n) is 3.11. The molecule has 0 bridgehead atoms. The van der Waals surface area contributed by atoms with Gasteiger partial charge in [0, 0.05) is 19.0 Å². The molecule has 3 aromatic rings. The highest BCUT2D eigenvalue weighted by atomic mass is 79.9. The number of likely N-dealkylation sites (tertiary alicyclic amines) is 1. The average molecular weight is 390 g/mol.